The molecule has 0 aromatic heterocycles. The van der Waals surface area contributed by atoms with Crippen LogP contribution in [-0.4, -0.2) is 37.3 Å². The van der Waals surface area contributed by atoms with E-state index in [9.17, 15) is 18.5 Å². The number of nitrogens with zero attached hydrogens (tertiary/aromatic N) is 2. The molecule has 1 aliphatic rings. The smallest absolute Gasteiger partial charge is 0.270 e. The van der Waals surface area contributed by atoms with Crippen molar-refractivity contribution in [2.45, 2.75) is 10.8 Å². The van der Waals surface area contributed by atoms with E-state index in [0.29, 0.717) is 19.6 Å². The zero-order valence-electron chi connectivity index (χ0n) is 13.9. The molecule has 0 radical (unpaired) electrons. The molecule has 2 aromatic carbocycles. The number of hydrogen-bond donors (Lipinski definition) is 1. The van der Waals surface area contributed by atoms with Gasteiger partial charge in [0.1, 0.15) is 0 Å². The van der Waals surface area contributed by atoms with Crippen molar-refractivity contribution in [1.82, 2.24) is 4.31 Å². The van der Waals surface area contributed by atoms with Crippen LogP contribution in [0.25, 0.3) is 0 Å². The quantitative estimate of drug-likeness (QED) is 0.615. The van der Waals surface area contributed by atoms with Gasteiger partial charge in [-0.25, -0.2) is 8.42 Å². The summed E-state index contributed by atoms with van der Waals surface area (Å²) in [6.07, 6.45) is 0. The first-order valence-corrected chi connectivity index (χ1v) is 9.37. The van der Waals surface area contributed by atoms with Crippen molar-refractivity contribution < 1.29 is 13.3 Å². The Morgan fingerprint density at radius 3 is 2.42 bits per heavy atom. The Labute approximate surface area is 158 Å². The molecule has 0 spiro atoms. The van der Waals surface area contributed by atoms with E-state index in [0.717, 1.165) is 11.6 Å². The number of sulfonamides is 1. The van der Waals surface area contributed by atoms with Gasteiger partial charge in [0.25, 0.3) is 5.69 Å². The summed E-state index contributed by atoms with van der Waals surface area (Å²) in [5.74, 6) is 0.0237. The fourth-order valence-corrected chi connectivity index (χ4v) is 4.81. The molecule has 0 amide bonds. The molecule has 1 heterocycles. The SMILES string of the molecule is Cl.NC[C@@H]1CN(S(=O)(=O)c2cccc([N+](=O)[O-])c2)C[C@H]1c1ccccc1. The molecule has 1 saturated heterocycles. The molecule has 1 aliphatic heterocycles. The van der Waals surface area contributed by atoms with Crippen molar-refractivity contribution in [3.8, 4) is 0 Å². The Kier molecular flexibility index (Phi) is 6.35. The highest BCUT2D eigenvalue weighted by atomic mass is 35.5. The summed E-state index contributed by atoms with van der Waals surface area (Å²) >= 11 is 0. The van der Waals surface area contributed by atoms with E-state index in [2.05, 4.69) is 0 Å². The minimum Gasteiger partial charge on any atom is -0.330 e. The van der Waals surface area contributed by atoms with Crippen LogP contribution in [0.5, 0.6) is 0 Å². The number of benzene rings is 2. The van der Waals surface area contributed by atoms with E-state index in [1.807, 2.05) is 30.3 Å². The van der Waals surface area contributed by atoms with Crippen molar-refractivity contribution in [3.63, 3.8) is 0 Å². The second kappa shape index (κ2) is 8.13. The molecule has 140 valence electrons. The van der Waals surface area contributed by atoms with Gasteiger partial charge < -0.3 is 5.73 Å². The maximum absolute atomic E-state index is 12.9. The molecule has 2 aromatic rings. The van der Waals surface area contributed by atoms with Gasteiger partial charge in [-0.1, -0.05) is 36.4 Å². The zero-order valence-corrected chi connectivity index (χ0v) is 15.5. The highest BCUT2D eigenvalue weighted by molar-refractivity contribution is 7.89. The maximum Gasteiger partial charge on any atom is 0.270 e. The summed E-state index contributed by atoms with van der Waals surface area (Å²) in [6, 6.07) is 14.8. The van der Waals surface area contributed by atoms with Crippen LogP contribution >= 0.6 is 12.4 Å². The Morgan fingerprint density at radius 1 is 1.12 bits per heavy atom. The second-order valence-corrected chi connectivity index (χ2v) is 8.03. The number of nitro benzene ring substituents is 1. The van der Waals surface area contributed by atoms with Gasteiger partial charge in [-0.05, 0) is 24.1 Å². The lowest BCUT2D eigenvalue weighted by atomic mass is 9.89. The van der Waals surface area contributed by atoms with Gasteiger partial charge in [-0.2, -0.15) is 4.31 Å². The van der Waals surface area contributed by atoms with Crippen molar-refractivity contribution in [2.24, 2.45) is 11.7 Å². The molecule has 3 rings (SSSR count). The highest BCUT2D eigenvalue weighted by Crippen LogP contribution is 2.35. The zero-order chi connectivity index (χ0) is 18.0. The number of non-ortho nitro benzene ring substituents is 1. The first-order chi connectivity index (χ1) is 11.9. The third-order valence-corrected chi connectivity index (χ3v) is 6.43. The largest absolute Gasteiger partial charge is 0.330 e. The molecule has 26 heavy (non-hydrogen) atoms. The van der Waals surface area contributed by atoms with Gasteiger partial charge in [-0.15, -0.1) is 12.4 Å². The molecule has 0 saturated carbocycles. The predicted molar refractivity (Wildman–Crippen MR) is 101 cm³/mol. The summed E-state index contributed by atoms with van der Waals surface area (Å²) in [6.45, 7) is 0.999. The molecular formula is C17H20ClN3O4S. The van der Waals surface area contributed by atoms with Crippen LogP contribution in [0.2, 0.25) is 0 Å². The van der Waals surface area contributed by atoms with Crippen molar-refractivity contribution in [3.05, 3.63) is 70.3 Å². The standard InChI is InChI=1S/C17H19N3O4S.ClH/c18-10-14-11-19(12-17(14)13-5-2-1-3-6-13)25(23,24)16-8-4-7-15(9-16)20(21)22;/h1-9,14,17H,10-12,18H2;1H/t14-,17+;/m1./s1. The van der Waals surface area contributed by atoms with Crippen LogP contribution < -0.4 is 5.73 Å². The average molecular weight is 398 g/mol. The van der Waals surface area contributed by atoms with Gasteiger partial charge in [0.05, 0.1) is 9.82 Å². The van der Waals surface area contributed by atoms with Crippen LogP contribution in [-0.2, 0) is 10.0 Å². The van der Waals surface area contributed by atoms with E-state index in [1.54, 1.807) is 0 Å². The van der Waals surface area contributed by atoms with Gasteiger partial charge in [0.2, 0.25) is 10.0 Å². The monoisotopic (exact) mass is 397 g/mol. The normalized spacial score (nSPS) is 20.5. The van der Waals surface area contributed by atoms with Crippen molar-refractivity contribution in [1.29, 1.82) is 0 Å². The second-order valence-electron chi connectivity index (χ2n) is 6.09. The Morgan fingerprint density at radius 2 is 1.81 bits per heavy atom. The summed E-state index contributed by atoms with van der Waals surface area (Å²) in [5, 5.41) is 10.9. The number of halogens is 1. The lowest BCUT2D eigenvalue weighted by Gasteiger charge is -2.17. The van der Waals surface area contributed by atoms with E-state index in [1.165, 1.54) is 22.5 Å². The fraction of sp³-hybridized carbons (Fsp3) is 0.294. The van der Waals surface area contributed by atoms with Gasteiger partial charge in [0.15, 0.2) is 0 Å². The van der Waals surface area contributed by atoms with Crippen molar-refractivity contribution in [2.75, 3.05) is 19.6 Å². The minimum atomic E-state index is -3.81. The van der Waals surface area contributed by atoms with Crippen molar-refractivity contribution >= 4 is 28.1 Å². The molecule has 9 heteroatoms. The molecule has 7 nitrogen and oxygen atoms in total. The summed E-state index contributed by atoms with van der Waals surface area (Å²) in [5.41, 5.74) is 6.67. The number of hydrogen-bond acceptors (Lipinski definition) is 5. The first-order valence-electron chi connectivity index (χ1n) is 7.93. The number of nitrogens with two attached hydrogens (primary N) is 1. The molecule has 0 unspecified atom stereocenters. The first kappa shape index (κ1) is 20.3. The predicted octanol–water partition coefficient (Wildman–Crippen LogP) is 2.38. The number of nitro groups is 1. The number of rotatable bonds is 5. The third-order valence-electron chi connectivity index (χ3n) is 4.60. The molecule has 0 bridgehead atoms. The van der Waals surface area contributed by atoms with E-state index < -0.39 is 14.9 Å². The molecule has 2 atom stereocenters. The van der Waals surface area contributed by atoms with E-state index in [-0.39, 0.29) is 34.8 Å². The average Bonchev–Trinajstić information content (AvgIpc) is 3.08. The Balaban J connectivity index is 0.00000243. The third kappa shape index (κ3) is 3.88. The van der Waals surface area contributed by atoms with Crippen LogP contribution in [0.15, 0.2) is 59.5 Å². The lowest BCUT2D eigenvalue weighted by molar-refractivity contribution is -0.385. The van der Waals surface area contributed by atoms with Crippen LogP contribution in [0, 0.1) is 16.0 Å². The Hall–Kier alpha value is -2.00. The molecule has 1 fully saturated rings. The van der Waals surface area contributed by atoms with Crippen LogP contribution in [0.1, 0.15) is 11.5 Å². The maximum atomic E-state index is 12.9. The van der Waals surface area contributed by atoms with Gasteiger partial charge in [0, 0.05) is 31.1 Å². The highest BCUT2D eigenvalue weighted by Gasteiger charge is 2.39. The summed E-state index contributed by atoms with van der Waals surface area (Å²) in [7, 11) is -3.81. The molecule has 2 N–H and O–H groups in total. The van der Waals surface area contributed by atoms with Crippen LogP contribution in [0.4, 0.5) is 5.69 Å². The molecule has 0 aliphatic carbocycles. The van der Waals surface area contributed by atoms with E-state index in [4.69, 9.17) is 5.73 Å². The molecular weight excluding hydrogens is 378 g/mol. The van der Waals surface area contributed by atoms with Gasteiger partial charge >= 0.3 is 0 Å². The topological polar surface area (TPSA) is 107 Å². The summed E-state index contributed by atoms with van der Waals surface area (Å²) in [4.78, 5) is 10.3. The summed E-state index contributed by atoms with van der Waals surface area (Å²) < 4.78 is 27.2. The fourth-order valence-electron chi connectivity index (χ4n) is 3.25. The van der Waals surface area contributed by atoms with E-state index >= 15 is 0 Å². The lowest BCUT2D eigenvalue weighted by Crippen LogP contribution is -2.30. The Bertz CT molecular complexity index is 877. The van der Waals surface area contributed by atoms with Crippen LogP contribution in [0.3, 0.4) is 0 Å². The minimum absolute atomic E-state index is 0. The van der Waals surface area contributed by atoms with Gasteiger partial charge in [-0.3, -0.25) is 10.1 Å².